The number of nitrogens with one attached hydrogen (secondary N) is 1. The highest BCUT2D eigenvalue weighted by molar-refractivity contribution is 5.80. The number of carboxylic acid groups (broad SMARTS) is 1. The minimum Gasteiger partial charge on any atom is -0.480 e. The topological polar surface area (TPSA) is 78.9 Å². The molecule has 0 bridgehead atoms. The highest BCUT2D eigenvalue weighted by Crippen LogP contribution is 2.15. The van der Waals surface area contributed by atoms with Crippen LogP contribution in [-0.2, 0) is 9.53 Å². The van der Waals surface area contributed by atoms with Gasteiger partial charge in [0.25, 0.3) is 0 Å². The van der Waals surface area contributed by atoms with Crippen LogP contribution in [0.5, 0.6) is 0 Å². The first kappa shape index (κ1) is 11.8. The summed E-state index contributed by atoms with van der Waals surface area (Å²) >= 11 is 0. The molecule has 0 spiro atoms. The largest absolute Gasteiger partial charge is 0.480 e. The fourth-order valence-electron chi connectivity index (χ4n) is 1.30. The number of carbonyl (C=O) groups excluding carboxylic acids is 1. The van der Waals surface area contributed by atoms with Crippen LogP contribution in [0.4, 0.5) is 4.79 Å². The second-order valence-electron chi connectivity index (χ2n) is 4.40. The summed E-state index contributed by atoms with van der Waals surface area (Å²) in [5.74, 6) is -1.02. The molecule has 0 aliphatic carbocycles. The molecule has 0 saturated carbocycles. The summed E-state index contributed by atoms with van der Waals surface area (Å²) in [7, 11) is 0. The number of amides is 1. The number of carboxylic acids is 1. The molecule has 1 unspecified atom stereocenters. The van der Waals surface area contributed by atoms with Gasteiger partial charge in [-0.3, -0.25) is 0 Å². The van der Waals surface area contributed by atoms with E-state index in [-0.39, 0.29) is 0 Å². The van der Waals surface area contributed by atoms with Crippen molar-refractivity contribution < 1.29 is 19.4 Å². The number of aliphatic carboxylic acids is 1. The van der Waals surface area contributed by atoms with E-state index >= 15 is 0 Å². The van der Waals surface area contributed by atoms with E-state index in [4.69, 9.17) is 9.84 Å². The number of hydrogen-bond acceptors (Lipinski definition) is 4. The summed E-state index contributed by atoms with van der Waals surface area (Å²) in [5.41, 5.74) is 2.07. The summed E-state index contributed by atoms with van der Waals surface area (Å²) in [6.07, 6.45) is -0.249. The highest BCUT2D eigenvalue weighted by Gasteiger charge is 2.36. The third kappa shape index (κ3) is 3.09. The average molecular weight is 216 g/mol. The fraction of sp³-hybridized carbons (Fsp3) is 0.778. The van der Waals surface area contributed by atoms with Crippen molar-refractivity contribution in [2.45, 2.75) is 38.8 Å². The molecule has 1 aliphatic heterocycles. The van der Waals surface area contributed by atoms with Crippen molar-refractivity contribution in [3.05, 3.63) is 0 Å². The Balaban J connectivity index is 2.63. The molecule has 1 fully saturated rings. The number of hydrazine groups is 1. The monoisotopic (exact) mass is 216 g/mol. The third-order valence-electron chi connectivity index (χ3n) is 1.89. The fourth-order valence-corrected chi connectivity index (χ4v) is 1.30. The summed E-state index contributed by atoms with van der Waals surface area (Å²) in [5, 5.41) is 9.88. The second kappa shape index (κ2) is 4.06. The van der Waals surface area contributed by atoms with Crippen molar-refractivity contribution in [2.24, 2.45) is 0 Å². The van der Waals surface area contributed by atoms with Gasteiger partial charge in [-0.05, 0) is 27.2 Å². The molecular weight excluding hydrogens is 200 g/mol. The predicted molar refractivity (Wildman–Crippen MR) is 52.1 cm³/mol. The van der Waals surface area contributed by atoms with Crippen molar-refractivity contribution in [1.29, 1.82) is 0 Å². The lowest BCUT2D eigenvalue weighted by atomic mass is 10.2. The molecule has 1 amide bonds. The maximum Gasteiger partial charge on any atom is 0.425 e. The van der Waals surface area contributed by atoms with E-state index in [1.54, 1.807) is 20.8 Å². The molecule has 0 aromatic heterocycles. The van der Waals surface area contributed by atoms with Gasteiger partial charge < -0.3 is 9.84 Å². The van der Waals surface area contributed by atoms with Crippen LogP contribution in [-0.4, -0.2) is 40.4 Å². The van der Waals surface area contributed by atoms with E-state index in [0.717, 1.165) is 5.01 Å². The van der Waals surface area contributed by atoms with E-state index in [2.05, 4.69) is 5.43 Å². The molecule has 1 saturated heterocycles. The zero-order valence-electron chi connectivity index (χ0n) is 9.11. The van der Waals surface area contributed by atoms with Gasteiger partial charge >= 0.3 is 12.1 Å². The van der Waals surface area contributed by atoms with E-state index in [1.165, 1.54) is 0 Å². The van der Waals surface area contributed by atoms with Crippen LogP contribution < -0.4 is 5.43 Å². The number of nitrogens with zero attached hydrogens (tertiary/aromatic N) is 1. The molecule has 6 heteroatoms. The Labute approximate surface area is 88.2 Å². The van der Waals surface area contributed by atoms with Crippen LogP contribution in [0.1, 0.15) is 27.2 Å². The molecule has 1 heterocycles. The van der Waals surface area contributed by atoms with Gasteiger partial charge in [0.2, 0.25) is 0 Å². The van der Waals surface area contributed by atoms with Crippen molar-refractivity contribution in [1.82, 2.24) is 10.4 Å². The minimum atomic E-state index is -1.02. The van der Waals surface area contributed by atoms with Crippen molar-refractivity contribution in [2.75, 3.05) is 6.54 Å². The zero-order chi connectivity index (χ0) is 11.6. The molecule has 86 valence electrons. The van der Waals surface area contributed by atoms with Gasteiger partial charge in [-0.2, -0.15) is 0 Å². The molecule has 1 aliphatic rings. The lowest BCUT2D eigenvalue weighted by Crippen LogP contribution is -2.48. The molecule has 1 atom stereocenters. The number of hydrogen-bond donors (Lipinski definition) is 2. The standard InChI is InChI=1S/C9H16N2O4/c1-9(2,3)15-8(14)11-6(7(12)13)4-5-10-11/h6,10H,4-5H2,1-3H3,(H,12,13). The first-order valence-electron chi connectivity index (χ1n) is 4.80. The van der Waals surface area contributed by atoms with Crippen LogP contribution in [0, 0.1) is 0 Å². The van der Waals surface area contributed by atoms with Gasteiger partial charge in [0.1, 0.15) is 5.60 Å². The summed E-state index contributed by atoms with van der Waals surface area (Å²) in [6, 6.07) is -0.833. The zero-order valence-corrected chi connectivity index (χ0v) is 9.11. The summed E-state index contributed by atoms with van der Waals surface area (Å²) in [6.45, 7) is 5.67. The molecule has 0 radical (unpaired) electrons. The Hall–Kier alpha value is -1.30. The van der Waals surface area contributed by atoms with Crippen LogP contribution in [0.25, 0.3) is 0 Å². The van der Waals surface area contributed by atoms with Crippen molar-refractivity contribution >= 4 is 12.1 Å². The van der Waals surface area contributed by atoms with Crippen LogP contribution in [0.2, 0.25) is 0 Å². The van der Waals surface area contributed by atoms with E-state index in [1.807, 2.05) is 0 Å². The smallest absolute Gasteiger partial charge is 0.425 e. The van der Waals surface area contributed by atoms with Crippen LogP contribution in [0.15, 0.2) is 0 Å². The Bertz CT molecular complexity index is 272. The quantitative estimate of drug-likeness (QED) is 0.670. The third-order valence-corrected chi connectivity index (χ3v) is 1.89. The summed E-state index contributed by atoms with van der Waals surface area (Å²) in [4.78, 5) is 22.3. The molecule has 1 rings (SSSR count). The first-order valence-corrected chi connectivity index (χ1v) is 4.80. The SMILES string of the molecule is CC(C)(C)OC(=O)N1NCCC1C(=O)O. The maximum atomic E-state index is 11.6. The van der Waals surface area contributed by atoms with Gasteiger partial charge in [-0.15, -0.1) is 0 Å². The highest BCUT2D eigenvalue weighted by atomic mass is 16.6. The van der Waals surface area contributed by atoms with E-state index in [0.29, 0.717) is 13.0 Å². The predicted octanol–water partition coefficient (Wildman–Crippen LogP) is 0.585. The molecule has 6 nitrogen and oxygen atoms in total. The minimum absolute atomic E-state index is 0.397. The van der Waals surface area contributed by atoms with E-state index < -0.39 is 23.7 Å². The van der Waals surface area contributed by atoms with Crippen molar-refractivity contribution in [3.8, 4) is 0 Å². The number of rotatable bonds is 1. The van der Waals surface area contributed by atoms with Gasteiger partial charge in [-0.1, -0.05) is 0 Å². The van der Waals surface area contributed by atoms with Gasteiger partial charge in [0.15, 0.2) is 6.04 Å². The number of ether oxygens (including phenoxy) is 1. The Kier molecular flexibility index (Phi) is 3.18. The van der Waals surface area contributed by atoms with Crippen molar-refractivity contribution in [3.63, 3.8) is 0 Å². The Morgan fingerprint density at radius 2 is 2.07 bits per heavy atom. The molecule has 0 aromatic rings. The summed E-state index contributed by atoms with van der Waals surface area (Å²) < 4.78 is 5.06. The van der Waals surface area contributed by atoms with E-state index in [9.17, 15) is 9.59 Å². The van der Waals surface area contributed by atoms with Gasteiger partial charge in [0, 0.05) is 6.54 Å². The molecule has 15 heavy (non-hydrogen) atoms. The van der Waals surface area contributed by atoms with Gasteiger partial charge in [0.05, 0.1) is 0 Å². The Morgan fingerprint density at radius 3 is 2.53 bits per heavy atom. The lowest BCUT2D eigenvalue weighted by molar-refractivity contribution is -0.142. The van der Waals surface area contributed by atoms with Gasteiger partial charge in [-0.25, -0.2) is 20.0 Å². The Morgan fingerprint density at radius 1 is 1.47 bits per heavy atom. The first-order chi connectivity index (χ1) is 6.81. The maximum absolute atomic E-state index is 11.6. The number of carbonyl (C=O) groups is 2. The normalized spacial score (nSPS) is 21.5. The van der Waals surface area contributed by atoms with Crippen LogP contribution in [0.3, 0.4) is 0 Å². The molecule has 0 aromatic carbocycles. The lowest BCUT2D eigenvalue weighted by Gasteiger charge is -2.26. The molecule has 2 N–H and O–H groups in total. The molecular formula is C9H16N2O4. The van der Waals surface area contributed by atoms with Crippen LogP contribution >= 0.6 is 0 Å². The average Bonchev–Trinajstić information content (AvgIpc) is 2.47. The second-order valence-corrected chi connectivity index (χ2v) is 4.40.